The van der Waals surface area contributed by atoms with Crippen molar-refractivity contribution in [1.82, 2.24) is 5.32 Å². The third kappa shape index (κ3) is 4.14. The largest absolute Gasteiger partial charge is 0.389 e. The van der Waals surface area contributed by atoms with Crippen molar-refractivity contribution >= 4 is 24.8 Å². The third-order valence-corrected chi connectivity index (χ3v) is 3.23. The second kappa shape index (κ2) is 7.93. The molecule has 2 rings (SSSR count). The molecule has 1 atom stereocenters. The minimum Gasteiger partial charge on any atom is -0.389 e. The molecular formula is C13H21Cl2NO. The first kappa shape index (κ1) is 16.7. The summed E-state index contributed by atoms with van der Waals surface area (Å²) in [6.45, 7) is 4.04. The molecule has 1 aliphatic rings. The van der Waals surface area contributed by atoms with Crippen LogP contribution in [0, 0.1) is 0 Å². The Morgan fingerprint density at radius 1 is 1.18 bits per heavy atom. The maximum absolute atomic E-state index is 9.72. The van der Waals surface area contributed by atoms with Crippen molar-refractivity contribution in [2.24, 2.45) is 0 Å². The van der Waals surface area contributed by atoms with Crippen LogP contribution in [0.3, 0.4) is 0 Å². The van der Waals surface area contributed by atoms with E-state index >= 15 is 0 Å². The van der Waals surface area contributed by atoms with Gasteiger partial charge in [0.1, 0.15) is 0 Å². The SMILES string of the molecule is CC(O)c1ccccc1C1CCNCC1.Cl.Cl. The number of aliphatic hydroxyl groups excluding tert-OH is 1. The van der Waals surface area contributed by atoms with Gasteiger partial charge in [-0.1, -0.05) is 24.3 Å². The lowest BCUT2D eigenvalue weighted by atomic mass is 9.86. The molecule has 1 aromatic rings. The van der Waals surface area contributed by atoms with Gasteiger partial charge in [-0.05, 0) is 49.9 Å². The van der Waals surface area contributed by atoms with Crippen LogP contribution in [-0.4, -0.2) is 18.2 Å². The molecule has 1 saturated heterocycles. The Hall–Kier alpha value is -0.280. The summed E-state index contributed by atoms with van der Waals surface area (Å²) in [5.41, 5.74) is 2.44. The summed E-state index contributed by atoms with van der Waals surface area (Å²) in [6.07, 6.45) is 2.02. The average Bonchev–Trinajstić information content (AvgIpc) is 2.30. The first-order chi connectivity index (χ1) is 7.29. The molecule has 2 nitrogen and oxygen atoms in total. The first-order valence-electron chi connectivity index (χ1n) is 5.76. The summed E-state index contributed by atoms with van der Waals surface area (Å²) in [6, 6.07) is 8.29. The van der Waals surface area contributed by atoms with Crippen molar-refractivity contribution in [2.45, 2.75) is 31.8 Å². The van der Waals surface area contributed by atoms with E-state index in [1.807, 2.05) is 19.1 Å². The van der Waals surface area contributed by atoms with Crippen LogP contribution in [0.25, 0.3) is 0 Å². The summed E-state index contributed by atoms with van der Waals surface area (Å²) in [5, 5.41) is 13.1. The van der Waals surface area contributed by atoms with E-state index in [-0.39, 0.29) is 30.9 Å². The van der Waals surface area contributed by atoms with Crippen LogP contribution in [-0.2, 0) is 0 Å². The van der Waals surface area contributed by atoms with Gasteiger partial charge in [0.05, 0.1) is 6.10 Å². The summed E-state index contributed by atoms with van der Waals surface area (Å²) < 4.78 is 0. The number of nitrogens with one attached hydrogen (secondary N) is 1. The molecule has 0 amide bonds. The first-order valence-corrected chi connectivity index (χ1v) is 5.76. The van der Waals surface area contributed by atoms with Crippen LogP contribution in [0.1, 0.15) is 42.9 Å². The zero-order valence-corrected chi connectivity index (χ0v) is 11.7. The highest BCUT2D eigenvalue weighted by atomic mass is 35.5. The van der Waals surface area contributed by atoms with Gasteiger partial charge < -0.3 is 10.4 Å². The fourth-order valence-corrected chi connectivity index (χ4v) is 2.40. The second-order valence-electron chi connectivity index (χ2n) is 4.33. The van der Waals surface area contributed by atoms with Gasteiger partial charge in [0.15, 0.2) is 0 Å². The van der Waals surface area contributed by atoms with E-state index in [9.17, 15) is 5.11 Å². The van der Waals surface area contributed by atoms with Gasteiger partial charge in [0.2, 0.25) is 0 Å². The van der Waals surface area contributed by atoms with Crippen LogP contribution in [0.15, 0.2) is 24.3 Å². The highest BCUT2D eigenvalue weighted by Gasteiger charge is 2.19. The van der Waals surface area contributed by atoms with E-state index in [0.29, 0.717) is 5.92 Å². The molecule has 0 bridgehead atoms. The fraction of sp³-hybridized carbons (Fsp3) is 0.538. The molecule has 1 heterocycles. The summed E-state index contributed by atoms with van der Waals surface area (Å²) in [5.74, 6) is 0.622. The normalized spacial score (nSPS) is 17.8. The molecule has 0 aromatic heterocycles. The van der Waals surface area contributed by atoms with Gasteiger partial charge in [0, 0.05) is 0 Å². The fourth-order valence-electron chi connectivity index (χ4n) is 2.40. The predicted octanol–water partition coefficient (Wildman–Crippen LogP) is 3.05. The van der Waals surface area contributed by atoms with Crippen LogP contribution in [0.4, 0.5) is 0 Å². The van der Waals surface area contributed by atoms with Crippen molar-refractivity contribution in [1.29, 1.82) is 0 Å². The number of piperidine rings is 1. The van der Waals surface area contributed by atoms with Crippen molar-refractivity contribution in [2.75, 3.05) is 13.1 Å². The lowest BCUT2D eigenvalue weighted by Crippen LogP contribution is -2.27. The Morgan fingerprint density at radius 2 is 1.76 bits per heavy atom. The Bertz CT molecular complexity index is 325. The number of halogens is 2. The zero-order valence-electron chi connectivity index (χ0n) is 10.1. The molecule has 98 valence electrons. The summed E-state index contributed by atoms with van der Waals surface area (Å²) >= 11 is 0. The summed E-state index contributed by atoms with van der Waals surface area (Å²) in [7, 11) is 0. The Kier molecular flexibility index (Phi) is 7.80. The maximum Gasteiger partial charge on any atom is 0.0764 e. The van der Waals surface area contributed by atoms with Gasteiger partial charge in [-0.2, -0.15) is 0 Å². The molecule has 0 radical (unpaired) electrons. The van der Waals surface area contributed by atoms with Gasteiger partial charge in [-0.15, -0.1) is 24.8 Å². The van der Waals surface area contributed by atoms with E-state index in [0.717, 1.165) is 18.7 Å². The zero-order chi connectivity index (χ0) is 10.7. The Balaban J connectivity index is 0.00000128. The Labute approximate surface area is 116 Å². The van der Waals surface area contributed by atoms with E-state index in [4.69, 9.17) is 0 Å². The molecule has 17 heavy (non-hydrogen) atoms. The molecule has 0 saturated carbocycles. The molecule has 1 aromatic carbocycles. The third-order valence-electron chi connectivity index (χ3n) is 3.23. The van der Waals surface area contributed by atoms with E-state index < -0.39 is 0 Å². The highest BCUT2D eigenvalue weighted by molar-refractivity contribution is 5.85. The number of rotatable bonds is 2. The van der Waals surface area contributed by atoms with Crippen LogP contribution < -0.4 is 5.32 Å². The average molecular weight is 278 g/mol. The Morgan fingerprint density at radius 3 is 2.35 bits per heavy atom. The van der Waals surface area contributed by atoms with Gasteiger partial charge in [0.25, 0.3) is 0 Å². The number of hydrogen-bond donors (Lipinski definition) is 2. The molecular weight excluding hydrogens is 257 g/mol. The second-order valence-corrected chi connectivity index (χ2v) is 4.33. The quantitative estimate of drug-likeness (QED) is 0.871. The van der Waals surface area contributed by atoms with E-state index in [2.05, 4.69) is 17.4 Å². The van der Waals surface area contributed by atoms with Crippen LogP contribution in [0.2, 0.25) is 0 Å². The standard InChI is InChI=1S/C13H19NO.2ClH/c1-10(15)12-4-2-3-5-13(12)11-6-8-14-9-7-11;;/h2-5,10-11,14-15H,6-9H2,1H3;2*1H. The lowest BCUT2D eigenvalue weighted by molar-refractivity contribution is 0.197. The molecule has 4 heteroatoms. The van der Waals surface area contributed by atoms with Crippen molar-refractivity contribution in [3.63, 3.8) is 0 Å². The number of aliphatic hydroxyl groups is 1. The van der Waals surface area contributed by atoms with Crippen LogP contribution in [0.5, 0.6) is 0 Å². The summed E-state index contributed by atoms with van der Waals surface area (Å²) in [4.78, 5) is 0. The minimum absolute atomic E-state index is 0. The topological polar surface area (TPSA) is 32.3 Å². The molecule has 1 aliphatic heterocycles. The number of benzene rings is 1. The predicted molar refractivity (Wildman–Crippen MR) is 76.4 cm³/mol. The smallest absolute Gasteiger partial charge is 0.0764 e. The monoisotopic (exact) mass is 277 g/mol. The van der Waals surface area contributed by atoms with Crippen LogP contribution >= 0.6 is 24.8 Å². The minimum atomic E-state index is -0.351. The van der Waals surface area contributed by atoms with Crippen molar-refractivity contribution in [3.8, 4) is 0 Å². The molecule has 1 unspecified atom stereocenters. The lowest BCUT2D eigenvalue weighted by Gasteiger charge is -2.25. The number of hydrogen-bond acceptors (Lipinski definition) is 2. The molecule has 0 spiro atoms. The molecule has 2 N–H and O–H groups in total. The highest BCUT2D eigenvalue weighted by Crippen LogP contribution is 2.30. The van der Waals surface area contributed by atoms with Crippen molar-refractivity contribution in [3.05, 3.63) is 35.4 Å². The van der Waals surface area contributed by atoms with Crippen molar-refractivity contribution < 1.29 is 5.11 Å². The van der Waals surface area contributed by atoms with Gasteiger partial charge in [-0.25, -0.2) is 0 Å². The maximum atomic E-state index is 9.72. The molecule has 0 aliphatic carbocycles. The molecule has 1 fully saturated rings. The van der Waals surface area contributed by atoms with Gasteiger partial charge in [-0.3, -0.25) is 0 Å². The van der Waals surface area contributed by atoms with E-state index in [1.165, 1.54) is 18.4 Å². The van der Waals surface area contributed by atoms with E-state index in [1.54, 1.807) is 0 Å². The van der Waals surface area contributed by atoms with Gasteiger partial charge >= 0.3 is 0 Å².